The van der Waals surface area contributed by atoms with Gasteiger partial charge in [0.2, 0.25) is 5.91 Å². The highest BCUT2D eigenvalue weighted by atomic mass is 16.2. The van der Waals surface area contributed by atoms with Crippen molar-refractivity contribution in [3.05, 3.63) is 72.2 Å². The topological polar surface area (TPSA) is 99.7 Å². The highest BCUT2D eigenvalue weighted by Gasteiger charge is 2.35. The first kappa shape index (κ1) is 20.1. The average Bonchev–Trinajstić information content (AvgIpc) is 3.13. The Labute approximate surface area is 186 Å². The van der Waals surface area contributed by atoms with E-state index in [0.717, 1.165) is 48.8 Å². The summed E-state index contributed by atoms with van der Waals surface area (Å²) in [5, 5.41) is 2.93. The molecule has 2 aromatic heterocycles. The number of aromatic nitrogens is 2. The smallest absolute Gasteiger partial charge is 0.238 e. The predicted molar refractivity (Wildman–Crippen MR) is 127 cm³/mol. The van der Waals surface area contributed by atoms with Gasteiger partial charge < -0.3 is 20.9 Å². The molecule has 3 aromatic rings. The lowest BCUT2D eigenvalue weighted by Crippen LogP contribution is -2.44. The van der Waals surface area contributed by atoms with E-state index in [9.17, 15) is 4.79 Å². The Bertz CT molecular complexity index is 1150. The molecule has 162 valence electrons. The molecule has 2 aliphatic rings. The maximum atomic E-state index is 13.0. The molecular weight excluding hydrogens is 402 g/mol. The van der Waals surface area contributed by atoms with E-state index in [1.54, 1.807) is 30.7 Å². The number of nitrogens with one attached hydrogen (secondary N) is 1. The van der Waals surface area contributed by atoms with Crippen molar-refractivity contribution in [3.8, 4) is 0 Å². The van der Waals surface area contributed by atoms with E-state index >= 15 is 0 Å². The molecule has 1 aromatic carbocycles. The van der Waals surface area contributed by atoms with E-state index in [1.165, 1.54) is 0 Å². The van der Waals surface area contributed by atoms with E-state index in [0.29, 0.717) is 17.1 Å². The molecule has 5 rings (SSSR count). The summed E-state index contributed by atoms with van der Waals surface area (Å²) in [6.45, 7) is 3.95. The van der Waals surface area contributed by atoms with Gasteiger partial charge in [0, 0.05) is 55.5 Å². The molecule has 0 bridgehead atoms. The number of anilines is 3. The van der Waals surface area contributed by atoms with Crippen LogP contribution in [0.4, 0.5) is 22.9 Å². The van der Waals surface area contributed by atoms with Gasteiger partial charge in [-0.3, -0.25) is 9.78 Å². The van der Waals surface area contributed by atoms with E-state index in [-0.39, 0.29) is 5.91 Å². The first-order valence-electron chi connectivity index (χ1n) is 10.7. The van der Waals surface area contributed by atoms with Crippen molar-refractivity contribution in [3.63, 3.8) is 0 Å². The lowest BCUT2D eigenvalue weighted by Gasteiger charge is -2.33. The number of likely N-dealkylation sites (N-methyl/N-ethyl adjacent to an activating group) is 1. The first-order chi connectivity index (χ1) is 15.6. The number of carbonyl (C=O) groups is 1. The molecule has 1 atom stereocenters. The van der Waals surface area contributed by atoms with Crippen molar-refractivity contribution in [2.24, 2.45) is 4.99 Å². The molecule has 8 heteroatoms. The molecular formula is C24H25N7O. The van der Waals surface area contributed by atoms with Crippen LogP contribution in [0.5, 0.6) is 0 Å². The Morgan fingerprint density at radius 1 is 1.12 bits per heavy atom. The minimum atomic E-state index is -0.549. The van der Waals surface area contributed by atoms with Crippen molar-refractivity contribution in [1.82, 2.24) is 14.9 Å². The lowest BCUT2D eigenvalue weighted by atomic mass is 9.91. The number of pyridine rings is 2. The zero-order chi connectivity index (χ0) is 22.1. The monoisotopic (exact) mass is 427 g/mol. The van der Waals surface area contributed by atoms with Gasteiger partial charge in [0.05, 0.1) is 17.6 Å². The molecule has 1 amide bonds. The fourth-order valence-electron chi connectivity index (χ4n) is 4.17. The predicted octanol–water partition coefficient (Wildman–Crippen LogP) is 2.67. The summed E-state index contributed by atoms with van der Waals surface area (Å²) >= 11 is 0. The van der Waals surface area contributed by atoms with Crippen LogP contribution in [0.2, 0.25) is 0 Å². The molecule has 8 nitrogen and oxygen atoms in total. The van der Waals surface area contributed by atoms with Crippen LogP contribution in [-0.2, 0) is 4.79 Å². The summed E-state index contributed by atoms with van der Waals surface area (Å²) in [6.07, 6.45) is 5.20. The summed E-state index contributed by atoms with van der Waals surface area (Å²) < 4.78 is 0. The molecule has 1 saturated heterocycles. The largest absolute Gasteiger partial charge is 0.399 e. The van der Waals surface area contributed by atoms with E-state index in [1.807, 2.05) is 30.3 Å². The number of hydrogen-bond acceptors (Lipinski definition) is 7. The highest BCUT2D eigenvalue weighted by Crippen LogP contribution is 2.37. The third-order valence-corrected chi connectivity index (χ3v) is 5.95. The SMILES string of the molecule is CN1CCN(c2ccc(N=C(c3cccnc3)C3C(=O)Nc4cc(N)ccc43)cn2)CC1. The van der Waals surface area contributed by atoms with Crippen LogP contribution in [0.1, 0.15) is 17.0 Å². The average molecular weight is 428 g/mol. The van der Waals surface area contributed by atoms with Gasteiger partial charge in [-0.2, -0.15) is 0 Å². The summed E-state index contributed by atoms with van der Waals surface area (Å²) in [4.78, 5) is 31.3. The molecule has 1 unspecified atom stereocenters. The summed E-state index contributed by atoms with van der Waals surface area (Å²) in [7, 11) is 2.13. The number of piperazine rings is 1. The van der Waals surface area contributed by atoms with Crippen molar-refractivity contribution < 1.29 is 4.79 Å². The summed E-state index contributed by atoms with van der Waals surface area (Å²) in [5.41, 5.74) is 10.2. The summed E-state index contributed by atoms with van der Waals surface area (Å²) in [6, 6.07) is 13.2. The number of fused-ring (bicyclic) bond motifs is 1. The highest BCUT2D eigenvalue weighted by molar-refractivity contribution is 6.24. The van der Waals surface area contributed by atoms with Gasteiger partial charge in [-0.15, -0.1) is 0 Å². The Morgan fingerprint density at radius 3 is 2.69 bits per heavy atom. The van der Waals surface area contributed by atoms with Crippen molar-refractivity contribution in [2.45, 2.75) is 5.92 Å². The Balaban J connectivity index is 1.51. The van der Waals surface area contributed by atoms with Crippen LogP contribution in [0, 0.1) is 0 Å². The van der Waals surface area contributed by atoms with Crippen LogP contribution in [-0.4, -0.2) is 59.7 Å². The third kappa shape index (κ3) is 3.92. The van der Waals surface area contributed by atoms with Gasteiger partial charge >= 0.3 is 0 Å². The quantitative estimate of drug-likeness (QED) is 0.491. The van der Waals surface area contributed by atoms with Gasteiger partial charge in [0.25, 0.3) is 0 Å². The zero-order valence-corrected chi connectivity index (χ0v) is 17.9. The van der Waals surface area contributed by atoms with Gasteiger partial charge in [0.15, 0.2) is 0 Å². The fourth-order valence-corrected chi connectivity index (χ4v) is 4.17. The second-order valence-electron chi connectivity index (χ2n) is 8.17. The number of nitrogens with two attached hydrogens (primary N) is 1. The Morgan fingerprint density at radius 2 is 1.97 bits per heavy atom. The second-order valence-corrected chi connectivity index (χ2v) is 8.17. The normalized spacial score (nSPS) is 19.0. The standard InChI is InChI=1S/C24H25N7O/c1-30-9-11-31(12-10-30)21-7-5-18(15-27-21)28-23(16-3-2-8-26-14-16)22-19-6-4-17(25)13-20(19)29-24(22)32/h2-8,13-15,22H,9-12,25H2,1H3,(H,29,32). The Hall–Kier alpha value is -3.78. The number of amides is 1. The molecule has 0 saturated carbocycles. The lowest BCUT2D eigenvalue weighted by molar-refractivity contribution is -0.115. The van der Waals surface area contributed by atoms with Crippen molar-refractivity contribution >= 4 is 34.5 Å². The van der Waals surface area contributed by atoms with E-state index in [2.05, 4.69) is 32.1 Å². The van der Waals surface area contributed by atoms with E-state index in [4.69, 9.17) is 10.7 Å². The number of hydrogen-bond donors (Lipinski definition) is 2. The number of benzene rings is 1. The number of nitrogen functional groups attached to an aromatic ring is 1. The van der Waals surface area contributed by atoms with Gasteiger partial charge in [0.1, 0.15) is 11.7 Å². The molecule has 1 fully saturated rings. The first-order valence-corrected chi connectivity index (χ1v) is 10.7. The molecule has 0 radical (unpaired) electrons. The third-order valence-electron chi connectivity index (χ3n) is 5.95. The zero-order valence-electron chi connectivity index (χ0n) is 17.9. The van der Waals surface area contributed by atoms with E-state index < -0.39 is 5.92 Å². The second kappa shape index (κ2) is 8.39. The maximum Gasteiger partial charge on any atom is 0.238 e. The molecule has 0 aliphatic carbocycles. The number of aliphatic imine (C=N–C) groups is 1. The van der Waals surface area contributed by atoms with Crippen LogP contribution < -0.4 is 16.0 Å². The van der Waals surface area contributed by atoms with Crippen LogP contribution >= 0.6 is 0 Å². The molecule has 2 aliphatic heterocycles. The molecule has 3 N–H and O–H groups in total. The van der Waals surface area contributed by atoms with Gasteiger partial charge in [-0.05, 0) is 42.9 Å². The number of rotatable bonds is 4. The fraction of sp³-hybridized carbons (Fsp3) is 0.250. The van der Waals surface area contributed by atoms with Gasteiger partial charge in [-0.1, -0.05) is 12.1 Å². The molecule has 32 heavy (non-hydrogen) atoms. The Kier molecular flexibility index (Phi) is 5.28. The number of carbonyl (C=O) groups excluding carboxylic acids is 1. The molecule has 0 spiro atoms. The van der Waals surface area contributed by atoms with Crippen molar-refractivity contribution in [1.29, 1.82) is 0 Å². The van der Waals surface area contributed by atoms with Crippen molar-refractivity contribution in [2.75, 3.05) is 49.2 Å². The number of nitrogens with zero attached hydrogens (tertiary/aromatic N) is 5. The molecule has 4 heterocycles. The van der Waals surface area contributed by atoms with Gasteiger partial charge in [-0.25, -0.2) is 9.98 Å². The minimum absolute atomic E-state index is 0.129. The van der Waals surface area contributed by atoms with Crippen LogP contribution in [0.25, 0.3) is 0 Å². The maximum absolute atomic E-state index is 13.0. The van der Waals surface area contributed by atoms with Crippen LogP contribution in [0.3, 0.4) is 0 Å². The minimum Gasteiger partial charge on any atom is -0.399 e. The summed E-state index contributed by atoms with van der Waals surface area (Å²) in [5.74, 6) is 0.265. The van der Waals surface area contributed by atoms with Crippen LogP contribution in [0.15, 0.2) is 66.0 Å².